The summed E-state index contributed by atoms with van der Waals surface area (Å²) < 4.78 is 5.04. The molecular weight excluding hydrogens is 204 g/mol. The second kappa shape index (κ2) is 4.14. The third-order valence-electron chi connectivity index (χ3n) is 2.22. The fourth-order valence-electron chi connectivity index (χ4n) is 1.42. The van der Waals surface area contributed by atoms with Gasteiger partial charge in [0.05, 0.1) is 25.2 Å². The smallest absolute Gasteiger partial charge is 0.213 e. The number of anilines is 1. The van der Waals surface area contributed by atoms with Crippen molar-refractivity contribution < 1.29 is 4.74 Å². The maximum atomic E-state index is 5.58. The van der Waals surface area contributed by atoms with Gasteiger partial charge in [0, 0.05) is 17.8 Å². The van der Waals surface area contributed by atoms with Crippen molar-refractivity contribution in [3.8, 4) is 17.1 Å². The van der Waals surface area contributed by atoms with E-state index in [9.17, 15) is 0 Å². The van der Waals surface area contributed by atoms with E-state index in [2.05, 4.69) is 15.0 Å². The number of nitrogens with two attached hydrogens (primary N) is 1. The summed E-state index contributed by atoms with van der Waals surface area (Å²) in [5.41, 5.74) is 8.22. The summed E-state index contributed by atoms with van der Waals surface area (Å²) in [6, 6.07) is 1.85. The molecule has 0 saturated carbocycles. The molecule has 0 unspecified atom stereocenters. The van der Waals surface area contributed by atoms with Gasteiger partial charge in [-0.15, -0.1) is 0 Å². The van der Waals surface area contributed by atoms with E-state index >= 15 is 0 Å². The lowest BCUT2D eigenvalue weighted by molar-refractivity contribution is 0.397. The highest BCUT2D eigenvalue weighted by Crippen LogP contribution is 2.22. The normalized spacial score (nSPS) is 10.1. The number of hydrogen-bond acceptors (Lipinski definition) is 5. The first kappa shape index (κ1) is 10.4. The minimum absolute atomic E-state index is 0.396. The van der Waals surface area contributed by atoms with E-state index in [0.717, 1.165) is 11.1 Å². The van der Waals surface area contributed by atoms with Gasteiger partial charge in [-0.05, 0) is 12.5 Å². The summed E-state index contributed by atoms with van der Waals surface area (Å²) in [7, 11) is 1.59. The Bertz CT molecular complexity index is 513. The quantitative estimate of drug-likeness (QED) is 0.822. The molecule has 0 fully saturated rings. The first-order chi connectivity index (χ1) is 7.70. The number of methoxy groups -OCH3 is 1. The lowest BCUT2D eigenvalue weighted by Gasteiger charge is -2.06. The molecule has 0 saturated heterocycles. The van der Waals surface area contributed by atoms with Gasteiger partial charge < -0.3 is 10.5 Å². The van der Waals surface area contributed by atoms with Crippen molar-refractivity contribution in [2.45, 2.75) is 6.92 Å². The number of nitrogen functional groups attached to an aromatic ring is 1. The van der Waals surface area contributed by atoms with Crippen molar-refractivity contribution in [2.75, 3.05) is 12.8 Å². The SMILES string of the molecule is COc1cc(C)c(-c2cncc(N)n2)cn1. The number of aromatic nitrogens is 3. The summed E-state index contributed by atoms with van der Waals surface area (Å²) >= 11 is 0. The predicted molar refractivity (Wildman–Crippen MR) is 61.0 cm³/mol. The third-order valence-corrected chi connectivity index (χ3v) is 2.22. The Labute approximate surface area is 93.3 Å². The van der Waals surface area contributed by atoms with E-state index in [4.69, 9.17) is 10.5 Å². The van der Waals surface area contributed by atoms with E-state index < -0.39 is 0 Å². The van der Waals surface area contributed by atoms with Crippen LogP contribution in [0.25, 0.3) is 11.3 Å². The highest BCUT2D eigenvalue weighted by Gasteiger charge is 2.06. The Morgan fingerprint density at radius 2 is 2.06 bits per heavy atom. The van der Waals surface area contributed by atoms with Crippen LogP contribution < -0.4 is 10.5 Å². The molecule has 0 aliphatic carbocycles. The average Bonchev–Trinajstić information content (AvgIpc) is 2.28. The van der Waals surface area contributed by atoms with Crippen molar-refractivity contribution in [3.63, 3.8) is 0 Å². The van der Waals surface area contributed by atoms with Crippen molar-refractivity contribution in [1.82, 2.24) is 15.0 Å². The van der Waals surface area contributed by atoms with Crippen molar-refractivity contribution in [3.05, 3.63) is 30.2 Å². The van der Waals surface area contributed by atoms with Crippen LogP contribution >= 0.6 is 0 Å². The molecule has 5 heteroatoms. The Morgan fingerprint density at radius 1 is 1.25 bits per heavy atom. The Kier molecular flexibility index (Phi) is 2.68. The Hall–Kier alpha value is -2.17. The summed E-state index contributed by atoms with van der Waals surface area (Å²) in [6.45, 7) is 1.96. The molecule has 0 bridgehead atoms. The minimum Gasteiger partial charge on any atom is -0.481 e. The van der Waals surface area contributed by atoms with Crippen LogP contribution in [0.3, 0.4) is 0 Å². The van der Waals surface area contributed by atoms with Crippen LogP contribution in [0.5, 0.6) is 5.88 Å². The van der Waals surface area contributed by atoms with E-state index in [-0.39, 0.29) is 0 Å². The van der Waals surface area contributed by atoms with Gasteiger partial charge in [-0.3, -0.25) is 4.98 Å². The van der Waals surface area contributed by atoms with E-state index in [0.29, 0.717) is 17.4 Å². The number of hydrogen-bond donors (Lipinski definition) is 1. The molecule has 0 amide bonds. The molecule has 2 heterocycles. The lowest BCUT2D eigenvalue weighted by Crippen LogP contribution is -1.96. The van der Waals surface area contributed by atoms with Gasteiger partial charge >= 0.3 is 0 Å². The van der Waals surface area contributed by atoms with E-state index in [1.54, 1.807) is 19.5 Å². The third kappa shape index (κ3) is 1.93. The van der Waals surface area contributed by atoms with Gasteiger partial charge in [-0.1, -0.05) is 0 Å². The molecule has 16 heavy (non-hydrogen) atoms. The van der Waals surface area contributed by atoms with Crippen LogP contribution in [-0.4, -0.2) is 22.1 Å². The predicted octanol–water partition coefficient (Wildman–Crippen LogP) is 1.44. The second-order valence-electron chi connectivity index (χ2n) is 3.37. The van der Waals surface area contributed by atoms with Crippen molar-refractivity contribution >= 4 is 5.82 Å². The molecule has 5 nitrogen and oxygen atoms in total. The first-order valence-electron chi connectivity index (χ1n) is 4.79. The molecule has 0 radical (unpaired) electrons. The molecule has 2 rings (SSSR count). The zero-order valence-electron chi connectivity index (χ0n) is 9.14. The van der Waals surface area contributed by atoms with E-state index in [1.807, 2.05) is 13.0 Å². The van der Waals surface area contributed by atoms with Gasteiger partial charge in [0.15, 0.2) is 0 Å². The van der Waals surface area contributed by atoms with Gasteiger partial charge in [0.2, 0.25) is 5.88 Å². The summed E-state index contributed by atoms with van der Waals surface area (Å²) in [4.78, 5) is 12.3. The van der Waals surface area contributed by atoms with Gasteiger partial charge in [-0.2, -0.15) is 0 Å². The number of pyridine rings is 1. The fourth-order valence-corrected chi connectivity index (χ4v) is 1.42. The lowest BCUT2D eigenvalue weighted by atomic mass is 10.1. The molecule has 0 aromatic carbocycles. The average molecular weight is 216 g/mol. The first-order valence-corrected chi connectivity index (χ1v) is 4.79. The highest BCUT2D eigenvalue weighted by molar-refractivity contribution is 5.63. The summed E-state index contributed by atoms with van der Waals surface area (Å²) in [6.07, 6.45) is 4.88. The topological polar surface area (TPSA) is 73.9 Å². The maximum Gasteiger partial charge on any atom is 0.213 e. The van der Waals surface area contributed by atoms with Crippen LogP contribution in [0.1, 0.15) is 5.56 Å². The monoisotopic (exact) mass is 216 g/mol. The number of aryl methyl sites for hydroxylation is 1. The highest BCUT2D eigenvalue weighted by atomic mass is 16.5. The standard InChI is InChI=1S/C11H12N4O/c1-7-3-11(16-2)14-4-8(7)9-5-13-6-10(12)15-9/h3-6H,1-2H3,(H2,12,15). The van der Waals surface area contributed by atoms with E-state index in [1.165, 1.54) is 6.20 Å². The maximum absolute atomic E-state index is 5.58. The second-order valence-corrected chi connectivity index (χ2v) is 3.37. The van der Waals surface area contributed by atoms with Crippen molar-refractivity contribution in [1.29, 1.82) is 0 Å². The molecule has 2 aromatic rings. The summed E-state index contributed by atoms with van der Waals surface area (Å²) in [5, 5.41) is 0. The van der Waals surface area contributed by atoms with Gasteiger partial charge in [0.25, 0.3) is 0 Å². The molecule has 82 valence electrons. The van der Waals surface area contributed by atoms with Crippen LogP contribution in [0.15, 0.2) is 24.7 Å². The van der Waals surface area contributed by atoms with Gasteiger partial charge in [0.1, 0.15) is 5.82 Å². The molecule has 0 atom stereocenters. The van der Waals surface area contributed by atoms with Crippen LogP contribution in [-0.2, 0) is 0 Å². The van der Waals surface area contributed by atoms with Gasteiger partial charge in [-0.25, -0.2) is 9.97 Å². The molecule has 0 spiro atoms. The fraction of sp³-hybridized carbons (Fsp3) is 0.182. The molecule has 0 aliphatic heterocycles. The number of rotatable bonds is 2. The van der Waals surface area contributed by atoms with Crippen LogP contribution in [0.2, 0.25) is 0 Å². The van der Waals surface area contributed by atoms with Crippen LogP contribution in [0.4, 0.5) is 5.82 Å². The molecule has 0 aliphatic rings. The molecule has 2 aromatic heterocycles. The number of ether oxygens (including phenoxy) is 1. The zero-order valence-corrected chi connectivity index (χ0v) is 9.14. The Balaban J connectivity index is 2.48. The number of nitrogens with zero attached hydrogens (tertiary/aromatic N) is 3. The molecular formula is C11H12N4O. The molecule has 2 N–H and O–H groups in total. The summed E-state index contributed by atoms with van der Waals surface area (Å²) in [5.74, 6) is 0.978. The zero-order chi connectivity index (χ0) is 11.5. The van der Waals surface area contributed by atoms with Crippen LogP contribution in [0, 0.1) is 6.92 Å². The van der Waals surface area contributed by atoms with Crippen molar-refractivity contribution in [2.24, 2.45) is 0 Å². The largest absolute Gasteiger partial charge is 0.481 e. The minimum atomic E-state index is 0.396. The Morgan fingerprint density at radius 3 is 2.69 bits per heavy atom.